The van der Waals surface area contributed by atoms with E-state index in [4.69, 9.17) is 0 Å². The Morgan fingerprint density at radius 2 is 1.33 bits per heavy atom. The van der Waals surface area contributed by atoms with Gasteiger partial charge in [-0.05, 0) is 42.6 Å². The quantitative estimate of drug-likeness (QED) is 0.512. The van der Waals surface area contributed by atoms with Crippen molar-refractivity contribution in [1.82, 2.24) is 0 Å². The molecule has 0 aliphatic heterocycles. The summed E-state index contributed by atoms with van der Waals surface area (Å²) in [7, 11) is 0. The highest BCUT2D eigenvalue weighted by molar-refractivity contribution is 8.00. The van der Waals surface area contributed by atoms with E-state index in [2.05, 4.69) is 71.9 Å². The Balaban J connectivity index is 2.18. The average Bonchev–Trinajstić information content (AvgIpc) is 2.46. The van der Waals surface area contributed by atoms with Crippen molar-refractivity contribution in [2.24, 2.45) is 0 Å². The largest absolute Gasteiger partial charge is 0.285 e. The van der Waals surface area contributed by atoms with Gasteiger partial charge in [-0.3, -0.25) is 4.31 Å². The minimum Gasteiger partial charge on any atom is -0.285 e. The predicted molar refractivity (Wildman–Crippen MR) is 82.4 cm³/mol. The highest BCUT2D eigenvalue weighted by atomic mass is 32.2. The molecule has 0 bridgehead atoms. The van der Waals surface area contributed by atoms with Crippen molar-refractivity contribution < 1.29 is 0 Å². The first-order chi connectivity index (χ1) is 8.92. The Labute approximate surface area is 114 Å². The second-order valence-electron chi connectivity index (χ2n) is 4.15. The second kappa shape index (κ2) is 7.12. The molecule has 0 saturated heterocycles. The van der Waals surface area contributed by atoms with Gasteiger partial charge in [0, 0.05) is 5.75 Å². The van der Waals surface area contributed by atoms with Crippen LogP contribution in [0.3, 0.4) is 0 Å². The summed E-state index contributed by atoms with van der Waals surface area (Å²) in [5.74, 6) is 1.15. The van der Waals surface area contributed by atoms with Gasteiger partial charge in [0.25, 0.3) is 0 Å². The summed E-state index contributed by atoms with van der Waals surface area (Å²) >= 11 is 1.89. The van der Waals surface area contributed by atoms with Crippen molar-refractivity contribution in [2.45, 2.75) is 19.8 Å². The molecule has 0 fully saturated rings. The fraction of sp³-hybridized carbons (Fsp3) is 0.250. The Kier molecular flexibility index (Phi) is 5.15. The van der Waals surface area contributed by atoms with Gasteiger partial charge in [-0.25, -0.2) is 0 Å². The molecule has 2 aromatic rings. The van der Waals surface area contributed by atoms with E-state index in [0.717, 1.165) is 5.75 Å². The van der Waals surface area contributed by atoms with Crippen LogP contribution in [-0.4, -0.2) is 5.75 Å². The standard InChI is InChI=1S/C16H19NS/c1-2-3-14-18-17(15-10-6-4-7-11-15)16-12-8-5-9-13-16/h4-13H,2-3,14H2,1H3. The topological polar surface area (TPSA) is 3.24 Å². The number of hydrogen-bond acceptors (Lipinski definition) is 2. The molecule has 0 heterocycles. The molecule has 0 spiro atoms. The molecule has 1 nitrogen and oxygen atoms in total. The minimum atomic E-state index is 1.15. The molecule has 0 aliphatic carbocycles. The monoisotopic (exact) mass is 257 g/mol. The highest BCUT2D eigenvalue weighted by Gasteiger charge is 2.08. The van der Waals surface area contributed by atoms with Crippen molar-refractivity contribution in [3.8, 4) is 0 Å². The van der Waals surface area contributed by atoms with Crippen molar-refractivity contribution in [3.63, 3.8) is 0 Å². The van der Waals surface area contributed by atoms with Crippen molar-refractivity contribution in [1.29, 1.82) is 0 Å². The summed E-state index contributed by atoms with van der Waals surface area (Å²) in [5, 5.41) is 0. The van der Waals surface area contributed by atoms with Crippen LogP contribution in [0.1, 0.15) is 19.8 Å². The zero-order chi connectivity index (χ0) is 12.6. The van der Waals surface area contributed by atoms with Crippen LogP contribution in [0.5, 0.6) is 0 Å². The maximum Gasteiger partial charge on any atom is 0.0525 e. The van der Waals surface area contributed by atoms with E-state index in [0.29, 0.717) is 0 Å². The van der Waals surface area contributed by atoms with E-state index >= 15 is 0 Å². The number of para-hydroxylation sites is 2. The summed E-state index contributed by atoms with van der Waals surface area (Å²) in [6.07, 6.45) is 2.49. The Morgan fingerprint density at radius 1 is 0.833 bits per heavy atom. The van der Waals surface area contributed by atoms with Crippen LogP contribution in [-0.2, 0) is 0 Å². The lowest BCUT2D eigenvalue weighted by Gasteiger charge is -2.23. The van der Waals surface area contributed by atoms with Crippen LogP contribution >= 0.6 is 11.9 Å². The zero-order valence-electron chi connectivity index (χ0n) is 10.8. The van der Waals surface area contributed by atoms with Gasteiger partial charge < -0.3 is 0 Å². The normalized spacial score (nSPS) is 10.3. The summed E-state index contributed by atoms with van der Waals surface area (Å²) in [6.45, 7) is 2.23. The van der Waals surface area contributed by atoms with Crippen LogP contribution in [0.4, 0.5) is 11.4 Å². The first-order valence-electron chi connectivity index (χ1n) is 6.45. The number of hydrogen-bond donors (Lipinski definition) is 0. The Morgan fingerprint density at radius 3 is 1.78 bits per heavy atom. The first kappa shape index (κ1) is 13.0. The molecular formula is C16H19NS. The number of rotatable bonds is 6. The maximum atomic E-state index is 2.32. The van der Waals surface area contributed by atoms with Crippen LogP contribution in [0.2, 0.25) is 0 Å². The third kappa shape index (κ3) is 3.54. The molecule has 18 heavy (non-hydrogen) atoms. The summed E-state index contributed by atoms with van der Waals surface area (Å²) in [5.41, 5.74) is 2.48. The van der Waals surface area contributed by atoms with E-state index in [9.17, 15) is 0 Å². The van der Waals surface area contributed by atoms with Gasteiger partial charge >= 0.3 is 0 Å². The molecule has 2 rings (SSSR count). The van der Waals surface area contributed by atoms with Crippen molar-refractivity contribution in [3.05, 3.63) is 60.7 Å². The minimum absolute atomic E-state index is 1.15. The van der Waals surface area contributed by atoms with Gasteiger partial charge in [0.05, 0.1) is 11.4 Å². The molecule has 0 N–H and O–H groups in total. The SMILES string of the molecule is CCCCSN(c1ccccc1)c1ccccc1. The van der Waals surface area contributed by atoms with Crippen LogP contribution in [0, 0.1) is 0 Å². The number of unbranched alkanes of at least 4 members (excludes halogenated alkanes) is 1. The Hall–Kier alpha value is -1.41. The maximum absolute atomic E-state index is 2.32. The molecular weight excluding hydrogens is 238 g/mol. The van der Waals surface area contributed by atoms with Crippen molar-refractivity contribution in [2.75, 3.05) is 10.1 Å². The van der Waals surface area contributed by atoms with Crippen molar-refractivity contribution >= 4 is 23.3 Å². The molecule has 2 heteroatoms. The third-order valence-corrected chi connectivity index (χ3v) is 3.85. The highest BCUT2D eigenvalue weighted by Crippen LogP contribution is 2.32. The lowest BCUT2D eigenvalue weighted by Crippen LogP contribution is -2.07. The van der Waals surface area contributed by atoms with Gasteiger partial charge in [0.2, 0.25) is 0 Å². The molecule has 0 saturated carbocycles. The second-order valence-corrected chi connectivity index (χ2v) is 5.18. The smallest absolute Gasteiger partial charge is 0.0525 e. The number of anilines is 2. The van der Waals surface area contributed by atoms with E-state index in [-0.39, 0.29) is 0 Å². The van der Waals surface area contributed by atoms with Crippen LogP contribution < -0.4 is 4.31 Å². The summed E-state index contributed by atoms with van der Waals surface area (Å²) < 4.78 is 2.32. The van der Waals surface area contributed by atoms with E-state index in [1.165, 1.54) is 24.2 Å². The molecule has 0 radical (unpaired) electrons. The molecule has 0 aromatic heterocycles. The number of benzene rings is 2. The average molecular weight is 257 g/mol. The zero-order valence-corrected chi connectivity index (χ0v) is 11.6. The molecule has 0 aliphatic rings. The molecule has 0 unspecified atom stereocenters. The summed E-state index contributed by atoms with van der Waals surface area (Å²) in [6, 6.07) is 21.1. The fourth-order valence-electron chi connectivity index (χ4n) is 1.73. The molecule has 0 atom stereocenters. The van der Waals surface area contributed by atoms with Gasteiger partial charge in [-0.1, -0.05) is 49.7 Å². The number of nitrogens with zero attached hydrogens (tertiary/aromatic N) is 1. The predicted octanol–water partition coefficient (Wildman–Crippen LogP) is 5.27. The third-order valence-electron chi connectivity index (χ3n) is 2.70. The van der Waals surface area contributed by atoms with E-state index < -0.39 is 0 Å². The molecule has 94 valence electrons. The van der Waals surface area contributed by atoms with Crippen LogP contribution in [0.25, 0.3) is 0 Å². The Bertz CT molecular complexity index is 402. The lowest BCUT2D eigenvalue weighted by molar-refractivity contribution is 0.896. The first-order valence-corrected chi connectivity index (χ1v) is 7.39. The van der Waals surface area contributed by atoms with Crippen LogP contribution in [0.15, 0.2) is 60.7 Å². The van der Waals surface area contributed by atoms with Gasteiger partial charge in [0.1, 0.15) is 0 Å². The summed E-state index contributed by atoms with van der Waals surface area (Å²) in [4.78, 5) is 0. The fourth-order valence-corrected chi connectivity index (χ4v) is 2.87. The molecule has 2 aromatic carbocycles. The van der Waals surface area contributed by atoms with E-state index in [1.807, 2.05) is 11.9 Å². The lowest BCUT2D eigenvalue weighted by atomic mass is 10.3. The van der Waals surface area contributed by atoms with Gasteiger partial charge in [0.15, 0.2) is 0 Å². The van der Waals surface area contributed by atoms with E-state index in [1.54, 1.807) is 0 Å². The van der Waals surface area contributed by atoms with Gasteiger partial charge in [-0.2, -0.15) is 0 Å². The van der Waals surface area contributed by atoms with Gasteiger partial charge in [-0.15, -0.1) is 0 Å². The molecule has 0 amide bonds.